The molecule has 0 radical (unpaired) electrons. The van der Waals surface area contributed by atoms with Crippen LogP contribution in [-0.4, -0.2) is 150 Å². The Morgan fingerprint density at radius 3 is 1.51 bits per heavy atom. The van der Waals surface area contributed by atoms with Crippen LogP contribution < -0.4 is 0 Å². The van der Waals surface area contributed by atoms with E-state index in [2.05, 4.69) is 0 Å². The molecule has 2 aliphatic heterocycles. The zero-order valence-electron chi connectivity index (χ0n) is 19.4. The zero-order chi connectivity index (χ0) is 25.8. The largest absolute Gasteiger partial charge is 0.480 e. The highest BCUT2D eigenvalue weighted by Gasteiger charge is 2.33. The quantitative estimate of drug-likeness (QED) is 0.230. The third-order valence-electron chi connectivity index (χ3n) is 5.52. The lowest BCUT2D eigenvalue weighted by atomic mass is 10.3. The molecule has 0 aromatic rings. The number of carboxylic acid groups (broad SMARTS) is 2. The normalized spacial score (nSPS) is 20.2. The van der Waals surface area contributed by atoms with Gasteiger partial charge in [-0.2, -0.15) is 0 Å². The molecule has 35 heavy (non-hydrogen) atoms. The van der Waals surface area contributed by atoms with Gasteiger partial charge in [0.1, 0.15) is 6.73 Å². The van der Waals surface area contributed by atoms with E-state index in [1.54, 1.807) is 19.6 Å². The summed E-state index contributed by atoms with van der Waals surface area (Å²) in [6, 6.07) is 0. The number of ether oxygens (including phenoxy) is 1. The number of nitrogens with zero attached hydrogens (tertiary/aromatic N) is 5. The van der Waals surface area contributed by atoms with Gasteiger partial charge < -0.3 is 19.8 Å². The van der Waals surface area contributed by atoms with E-state index in [1.165, 1.54) is 0 Å². The van der Waals surface area contributed by atoms with E-state index >= 15 is 0 Å². The highest BCUT2D eigenvalue weighted by atomic mass is 16.7. The SMILES string of the molecule is O=COCN1CCN(CC(=O)O)CCN(CC(=O)O)CCN(CC(=O)ON2C(=O)CCC2=O)CC1. The van der Waals surface area contributed by atoms with Gasteiger partial charge in [0.2, 0.25) is 0 Å². The fraction of sp³-hybridized carbons (Fsp3) is 0.700. The molecule has 0 atom stereocenters. The van der Waals surface area contributed by atoms with Crippen LogP contribution in [0, 0.1) is 0 Å². The lowest BCUT2D eigenvalue weighted by Crippen LogP contribution is -2.49. The summed E-state index contributed by atoms with van der Waals surface area (Å²) in [5.41, 5.74) is 0. The summed E-state index contributed by atoms with van der Waals surface area (Å²) in [6.07, 6.45) is -0.0465. The molecule has 2 rings (SSSR count). The van der Waals surface area contributed by atoms with Crippen LogP contribution in [0.15, 0.2) is 0 Å². The summed E-state index contributed by atoms with van der Waals surface area (Å²) in [6.45, 7) is 1.91. The Labute approximate surface area is 201 Å². The van der Waals surface area contributed by atoms with Gasteiger partial charge in [-0.15, -0.1) is 5.06 Å². The molecular weight excluding hydrogens is 470 g/mol. The van der Waals surface area contributed by atoms with Crippen molar-refractivity contribution in [2.75, 3.05) is 78.7 Å². The molecule has 196 valence electrons. The number of carboxylic acids is 2. The smallest absolute Gasteiger partial charge is 0.347 e. The number of hydrogen-bond acceptors (Lipinski definition) is 12. The molecule has 0 aromatic carbocycles. The predicted molar refractivity (Wildman–Crippen MR) is 115 cm³/mol. The first-order valence-electron chi connectivity index (χ1n) is 11.1. The third-order valence-corrected chi connectivity index (χ3v) is 5.52. The molecule has 2 fully saturated rings. The van der Waals surface area contributed by atoms with Crippen LogP contribution in [0.4, 0.5) is 0 Å². The first-order chi connectivity index (χ1) is 16.7. The average molecular weight is 501 g/mol. The first kappa shape index (κ1) is 28.1. The topological polar surface area (TPSA) is 178 Å². The molecule has 0 unspecified atom stereocenters. The molecule has 15 nitrogen and oxygen atoms in total. The van der Waals surface area contributed by atoms with Crippen molar-refractivity contribution in [3.8, 4) is 0 Å². The standard InChI is InChI=1S/C20H31N5O10/c26-15-34-14-24-9-7-22(12-19(31)32)4-3-21(11-18(29)30)5-6-23(8-10-24)13-20(33)35-25-16(27)1-2-17(25)28/h15H,1-14H2,(H,29,30)(H,31,32). The van der Waals surface area contributed by atoms with Gasteiger partial charge in [0, 0.05) is 65.2 Å². The molecule has 0 spiro atoms. The van der Waals surface area contributed by atoms with Crippen molar-refractivity contribution in [3.63, 3.8) is 0 Å². The van der Waals surface area contributed by atoms with Crippen molar-refractivity contribution >= 4 is 36.2 Å². The summed E-state index contributed by atoms with van der Waals surface area (Å²) >= 11 is 0. The van der Waals surface area contributed by atoms with Crippen molar-refractivity contribution in [1.29, 1.82) is 0 Å². The second-order valence-electron chi connectivity index (χ2n) is 8.17. The van der Waals surface area contributed by atoms with Gasteiger partial charge in [0.25, 0.3) is 18.3 Å². The van der Waals surface area contributed by atoms with Crippen molar-refractivity contribution in [3.05, 3.63) is 0 Å². The second kappa shape index (κ2) is 14.3. The van der Waals surface area contributed by atoms with E-state index in [9.17, 15) is 39.0 Å². The number of carbonyl (C=O) groups is 6. The molecule has 2 amide bonds. The van der Waals surface area contributed by atoms with Crippen LogP contribution in [0.5, 0.6) is 0 Å². The molecule has 0 aromatic heterocycles. The van der Waals surface area contributed by atoms with E-state index < -0.39 is 29.7 Å². The van der Waals surface area contributed by atoms with Crippen LogP contribution in [0.2, 0.25) is 0 Å². The molecule has 2 N–H and O–H groups in total. The van der Waals surface area contributed by atoms with Crippen LogP contribution >= 0.6 is 0 Å². The summed E-state index contributed by atoms with van der Waals surface area (Å²) in [5.74, 6) is -4.05. The maximum Gasteiger partial charge on any atom is 0.347 e. The lowest BCUT2D eigenvalue weighted by molar-refractivity contribution is -0.198. The van der Waals surface area contributed by atoms with Gasteiger partial charge in [-0.1, -0.05) is 0 Å². The molecule has 0 bridgehead atoms. The molecule has 2 heterocycles. The number of hydroxylamine groups is 2. The number of hydrogen-bond donors (Lipinski definition) is 2. The minimum absolute atomic E-state index is 0.0232. The van der Waals surface area contributed by atoms with E-state index in [4.69, 9.17) is 9.57 Å². The highest BCUT2D eigenvalue weighted by molar-refractivity contribution is 6.01. The molecule has 0 saturated carbocycles. The maximum atomic E-state index is 12.4. The Morgan fingerprint density at radius 1 is 0.714 bits per heavy atom. The Kier molecular flexibility index (Phi) is 11.5. The minimum atomic E-state index is -1.05. The van der Waals surface area contributed by atoms with Crippen molar-refractivity contribution in [2.24, 2.45) is 0 Å². The molecule has 2 saturated heterocycles. The maximum absolute atomic E-state index is 12.4. The van der Waals surface area contributed by atoms with E-state index in [0.29, 0.717) is 44.3 Å². The first-order valence-corrected chi connectivity index (χ1v) is 11.1. The summed E-state index contributed by atoms with van der Waals surface area (Å²) in [7, 11) is 0. The van der Waals surface area contributed by atoms with Gasteiger partial charge in [-0.25, -0.2) is 4.79 Å². The fourth-order valence-corrected chi connectivity index (χ4v) is 3.67. The molecule has 0 aliphatic carbocycles. The van der Waals surface area contributed by atoms with Crippen LogP contribution in [0.3, 0.4) is 0 Å². The van der Waals surface area contributed by atoms with E-state index in [1.807, 2.05) is 0 Å². The van der Waals surface area contributed by atoms with Crippen molar-refractivity contribution in [2.45, 2.75) is 12.8 Å². The van der Waals surface area contributed by atoms with Crippen LogP contribution in [0.1, 0.15) is 12.8 Å². The Hall–Kier alpha value is -3.14. The average Bonchev–Trinajstić information content (AvgIpc) is 3.09. The minimum Gasteiger partial charge on any atom is -0.480 e. The summed E-state index contributed by atoms with van der Waals surface area (Å²) in [5, 5.41) is 18.9. The Bertz CT molecular complexity index is 778. The highest BCUT2D eigenvalue weighted by Crippen LogP contribution is 2.12. The third kappa shape index (κ3) is 10.3. The van der Waals surface area contributed by atoms with Gasteiger partial charge in [0.15, 0.2) is 0 Å². The zero-order valence-corrected chi connectivity index (χ0v) is 19.4. The molecular formula is C20H31N5O10. The van der Waals surface area contributed by atoms with Crippen LogP contribution in [0.25, 0.3) is 0 Å². The van der Waals surface area contributed by atoms with Gasteiger partial charge in [-0.3, -0.25) is 43.6 Å². The summed E-state index contributed by atoms with van der Waals surface area (Å²) in [4.78, 5) is 80.8. The number of carbonyl (C=O) groups excluding carboxylic acids is 4. The Balaban J connectivity index is 2.09. The molecule has 15 heteroatoms. The van der Waals surface area contributed by atoms with Gasteiger partial charge in [-0.05, 0) is 0 Å². The fourth-order valence-electron chi connectivity index (χ4n) is 3.67. The van der Waals surface area contributed by atoms with Gasteiger partial charge >= 0.3 is 17.9 Å². The van der Waals surface area contributed by atoms with Crippen molar-refractivity contribution in [1.82, 2.24) is 24.7 Å². The Morgan fingerprint density at radius 2 is 1.11 bits per heavy atom. The molecule has 2 aliphatic rings. The van der Waals surface area contributed by atoms with Crippen LogP contribution in [-0.2, 0) is 38.3 Å². The second-order valence-corrected chi connectivity index (χ2v) is 8.17. The number of amides is 2. The van der Waals surface area contributed by atoms with Gasteiger partial charge in [0.05, 0.1) is 19.6 Å². The predicted octanol–water partition coefficient (Wildman–Crippen LogP) is -2.89. The number of rotatable bonds is 10. The van der Waals surface area contributed by atoms with E-state index in [0.717, 1.165) is 0 Å². The lowest BCUT2D eigenvalue weighted by Gasteiger charge is -2.32. The number of imide groups is 1. The summed E-state index contributed by atoms with van der Waals surface area (Å²) < 4.78 is 4.85. The monoisotopic (exact) mass is 501 g/mol. The van der Waals surface area contributed by atoms with Crippen molar-refractivity contribution < 1.29 is 48.6 Å². The van der Waals surface area contributed by atoms with E-state index in [-0.39, 0.29) is 58.8 Å². The number of aliphatic carboxylic acids is 2.